The number of carbonyl (C=O) groups excluding carboxylic acids is 5. The highest BCUT2D eigenvalue weighted by Crippen LogP contribution is 2.34. The Labute approximate surface area is 645 Å². The number of nitrogens with one attached hydrogen (secondary N) is 7. The summed E-state index contributed by atoms with van der Waals surface area (Å²) in [5.74, 6) is -1.49. The lowest BCUT2D eigenvalue weighted by Gasteiger charge is -2.32. The Morgan fingerprint density at radius 1 is 0.473 bits per heavy atom. The van der Waals surface area contributed by atoms with Crippen LogP contribution < -0.4 is 37.2 Å². The third-order valence-corrected chi connectivity index (χ3v) is 20.4. The van der Waals surface area contributed by atoms with Crippen LogP contribution in [-0.2, 0) is 68.1 Å². The lowest BCUT2D eigenvalue weighted by Crippen LogP contribution is -2.43. The number of fused-ring (bicyclic) bond motifs is 2. The maximum atomic E-state index is 13.5. The number of likely N-dealkylation sites (N-methyl/N-ethyl adjacent to an activating group) is 2. The van der Waals surface area contributed by atoms with Gasteiger partial charge in [-0.1, -0.05) is 106 Å². The third kappa shape index (κ3) is 21.0. The number of aromatic nitrogens is 8. The Balaban J connectivity index is 0.000000199. The molecule has 0 saturated carbocycles. The van der Waals surface area contributed by atoms with Gasteiger partial charge in [0.05, 0.1) is 34.5 Å². The SMILES string of the molecule is C.CCc1nc2c(cnn2CC)c(NC2CCOCC2)c1CNC(=O)c1cccc(C(=O)NCc2cccc(-c3cccc(C=O)c3)c2)n1.CCc1nc2c(cnn2CC)c(NC2CCOCC2)c1CNC(=O)c1cccc(C(=O)NCc2cccc(-c3cccc(CN4CCN(C)CC4)c3)c2)n1.CN1CCNCC1. The Morgan fingerprint density at radius 2 is 0.855 bits per heavy atom. The summed E-state index contributed by atoms with van der Waals surface area (Å²) >= 11 is 0. The number of rotatable bonds is 25. The highest BCUT2D eigenvalue weighted by atomic mass is 16.5. The van der Waals surface area contributed by atoms with Crippen LogP contribution in [0.25, 0.3) is 44.3 Å². The van der Waals surface area contributed by atoms with Crippen molar-refractivity contribution in [2.75, 3.05) is 104 Å². The third-order valence-electron chi connectivity index (χ3n) is 20.4. The molecule has 4 fully saturated rings. The molecular weight excluding hydrogens is 1390 g/mol. The van der Waals surface area contributed by atoms with Crippen molar-refractivity contribution in [3.8, 4) is 22.3 Å². The fourth-order valence-corrected chi connectivity index (χ4v) is 14.0. The molecule has 0 atom stereocenters. The number of piperazine rings is 2. The molecule has 4 saturated heterocycles. The summed E-state index contributed by atoms with van der Waals surface area (Å²) in [6, 6.07) is 42.3. The average Bonchev–Trinajstić information content (AvgIpc) is 1.54. The van der Waals surface area contributed by atoms with Gasteiger partial charge in [-0.2, -0.15) is 10.2 Å². The van der Waals surface area contributed by atoms with Gasteiger partial charge in [-0.3, -0.25) is 28.9 Å². The summed E-state index contributed by atoms with van der Waals surface area (Å²) < 4.78 is 15.0. The van der Waals surface area contributed by atoms with Crippen LogP contribution in [0.2, 0.25) is 0 Å². The monoisotopic (exact) mass is 1490 g/mol. The average molecular weight is 1490 g/mol. The fraction of sp³-hybridized carbons (Fsp3) is 0.400. The van der Waals surface area contributed by atoms with Gasteiger partial charge in [0.2, 0.25) is 0 Å². The van der Waals surface area contributed by atoms with E-state index >= 15 is 0 Å². The lowest BCUT2D eigenvalue weighted by molar-refractivity contribution is 0.0903. The zero-order chi connectivity index (χ0) is 76.0. The minimum Gasteiger partial charge on any atom is -0.381 e. The molecule has 0 spiro atoms. The number of ether oxygens (including phenoxy) is 2. The van der Waals surface area contributed by atoms with E-state index in [1.807, 2.05) is 83.3 Å². The van der Waals surface area contributed by atoms with E-state index in [1.165, 1.54) is 18.7 Å². The molecule has 25 nitrogen and oxygen atoms in total. The van der Waals surface area contributed by atoms with Gasteiger partial charge in [0, 0.05) is 165 Å². The van der Waals surface area contributed by atoms with Crippen molar-refractivity contribution in [1.29, 1.82) is 0 Å². The van der Waals surface area contributed by atoms with E-state index < -0.39 is 11.8 Å². The minimum absolute atomic E-state index is 0. The first-order valence-electron chi connectivity index (χ1n) is 38.4. The smallest absolute Gasteiger partial charge is 0.270 e. The molecule has 25 heteroatoms. The number of anilines is 2. The second-order valence-corrected chi connectivity index (χ2v) is 28.0. The van der Waals surface area contributed by atoms with Crippen LogP contribution in [0.3, 0.4) is 0 Å². The molecule has 0 aliphatic carbocycles. The summed E-state index contributed by atoms with van der Waals surface area (Å²) in [6.45, 7) is 23.6. The van der Waals surface area contributed by atoms with Gasteiger partial charge < -0.3 is 56.5 Å². The zero-order valence-electron chi connectivity index (χ0n) is 63.5. The molecule has 14 rings (SSSR count). The van der Waals surface area contributed by atoms with E-state index in [0.29, 0.717) is 64.5 Å². The zero-order valence-corrected chi connectivity index (χ0v) is 63.5. The lowest BCUT2D eigenvalue weighted by atomic mass is 10.0. The van der Waals surface area contributed by atoms with Gasteiger partial charge in [0.1, 0.15) is 29.1 Å². The maximum Gasteiger partial charge on any atom is 0.270 e. The number of aldehydes is 1. The molecule has 4 aliphatic heterocycles. The number of pyridine rings is 4. The van der Waals surface area contributed by atoms with E-state index in [-0.39, 0.29) is 73.7 Å². The summed E-state index contributed by atoms with van der Waals surface area (Å²) in [5.41, 5.74) is 15.7. The molecule has 4 aromatic carbocycles. The Kier molecular flexibility index (Phi) is 28.9. The first-order chi connectivity index (χ1) is 53.2. The Morgan fingerprint density at radius 3 is 1.25 bits per heavy atom. The first-order valence-corrected chi connectivity index (χ1v) is 38.4. The topological polar surface area (TPSA) is 285 Å². The number of nitrogens with zero attached hydrogens (tertiary/aromatic N) is 11. The Bertz CT molecular complexity index is 4760. The van der Waals surface area contributed by atoms with Crippen molar-refractivity contribution in [3.63, 3.8) is 0 Å². The molecule has 7 N–H and O–H groups in total. The van der Waals surface area contributed by atoms with E-state index in [0.717, 1.165) is 167 Å². The molecule has 4 aliphatic rings. The van der Waals surface area contributed by atoms with Gasteiger partial charge in [-0.25, -0.2) is 29.3 Å². The van der Waals surface area contributed by atoms with E-state index in [2.05, 4.69) is 143 Å². The number of hydrogen-bond acceptors (Lipinski definition) is 19. The molecule has 0 radical (unpaired) electrons. The number of carbonyl (C=O) groups is 5. The Hall–Kier alpha value is -10.7. The molecule has 0 bridgehead atoms. The van der Waals surface area contributed by atoms with Crippen LogP contribution in [0, 0.1) is 0 Å². The molecule has 110 heavy (non-hydrogen) atoms. The summed E-state index contributed by atoms with van der Waals surface area (Å²) in [7, 11) is 4.33. The van der Waals surface area contributed by atoms with Crippen LogP contribution in [0.1, 0.15) is 152 Å². The van der Waals surface area contributed by atoms with Crippen molar-refractivity contribution >= 4 is 63.4 Å². The second-order valence-electron chi connectivity index (χ2n) is 28.0. The first kappa shape index (κ1) is 80.3. The quantitative estimate of drug-likeness (QED) is 0.0262. The van der Waals surface area contributed by atoms with Crippen LogP contribution in [0.15, 0.2) is 146 Å². The van der Waals surface area contributed by atoms with Crippen molar-refractivity contribution in [2.24, 2.45) is 0 Å². The molecule has 4 amide bonds. The van der Waals surface area contributed by atoms with Crippen LogP contribution in [0.4, 0.5) is 11.4 Å². The van der Waals surface area contributed by atoms with Gasteiger partial charge in [-0.05, 0) is 154 Å². The van der Waals surface area contributed by atoms with Gasteiger partial charge >= 0.3 is 0 Å². The van der Waals surface area contributed by atoms with E-state index in [9.17, 15) is 24.0 Å². The maximum absolute atomic E-state index is 13.5. The number of aryl methyl sites for hydroxylation is 4. The largest absolute Gasteiger partial charge is 0.381 e. The molecule has 10 aromatic rings. The number of amides is 4. The summed E-state index contributed by atoms with van der Waals surface area (Å²) in [4.78, 5) is 90.5. The van der Waals surface area contributed by atoms with Crippen LogP contribution >= 0.6 is 0 Å². The van der Waals surface area contributed by atoms with Crippen LogP contribution in [-0.4, -0.2) is 189 Å². The van der Waals surface area contributed by atoms with E-state index in [1.54, 1.807) is 42.5 Å². The molecule has 0 unspecified atom stereocenters. The summed E-state index contributed by atoms with van der Waals surface area (Å²) in [6.07, 6.45) is 9.45. The van der Waals surface area contributed by atoms with Crippen LogP contribution in [0.5, 0.6) is 0 Å². The molecule has 6 aromatic heterocycles. The number of benzene rings is 4. The predicted molar refractivity (Wildman–Crippen MR) is 432 cm³/mol. The van der Waals surface area contributed by atoms with Crippen molar-refractivity contribution < 1.29 is 33.4 Å². The highest BCUT2D eigenvalue weighted by Gasteiger charge is 2.26. The molecular formula is C85H106N18O7. The minimum atomic E-state index is -0.392. The fourth-order valence-electron chi connectivity index (χ4n) is 14.0. The normalized spacial score (nSPS) is 15.1. The molecule has 10 heterocycles. The standard InChI is InChI=1S/C42H51N9O3.C37H39N7O4.C5H12N2.CH4/c1-4-36-34(39(46-33-15-21-54-22-16-33)35-27-45-51(5-2)40(35)48-36)26-44-42(53)38-14-8-13-37(47-38)41(52)43-25-29-9-6-11-31(23-29)32-12-7-10-30(24-32)28-50-19-17-49(3)18-20-50;1-3-31-29(34(41-28-14-16-48-17-15-28)30-22-40-44(4-2)35(30)43-31)21-39-37(47)33-13-7-12-32(42-33)36(46)38-20-24-8-5-10-26(18-24)27-11-6-9-25(19-27)23-45;1-7-4-2-6-3-5-7;/h6-14,23-24,27,33H,4-5,15-22,25-26,28H2,1-3H3,(H,43,52)(H,44,53)(H,46,48);5-13,18-19,22-23,28H,3-4,14-17,20-21H2,1-2H3,(H,38,46)(H,39,47)(H,41,43);6H,2-5H2,1H3;1H4. The molecule has 578 valence electrons. The van der Waals surface area contributed by atoms with Gasteiger partial charge in [0.25, 0.3) is 23.6 Å². The highest BCUT2D eigenvalue weighted by molar-refractivity contribution is 5.98. The van der Waals surface area contributed by atoms with Gasteiger partial charge in [0.15, 0.2) is 11.3 Å². The second kappa shape index (κ2) is 39.6. The van der Waals surface area contributed by atoms with Crippen molar-refractivity contribution in [1.82, 2.24) is 80.8 Å². The van der Waals surface area contributed by atoms with Gasteiger partial charge in [-0.15, -0.1) is 0 Å². The van der Waals surface area contributed by atoms with Crippen molar-refractivity contribution in [2.45, 2.75) is 132 Å². The van der Waals surface area contributed by atoms with Crippen molar-refractivity contribution in [3.05, 3.63) is 213 Å². The predicted octanol–water partition coefficient (Wildman–Crippen LogP) is 10.8. The number of hydrogen-bond donors (Lipinski definition) is 7. The summed E-state index contributed by atoms with van der Waals surface area (Å²) in [5, 5.41) is 33.7. The van der Waals surface area contributed by atoms with E-state index in [4.69, 9.17) is 19.4 Å².